The SMILES string of the molecule is CCOC(=O)C[n+]1cccc(-c2nn(-c3ccccc3)cc2/C=C(\NC(=O)c2ccccc2)C(=O)NC(CC(N)=O)C(=O)O)c1. The average Bonchev–Trinajstić information content (AvgIpc) is 3.45. The number of carbonyl (C=O) groups excluding carboxylic acids is 4. The Hall–Kier alpha value is -6.11. The van der Waals surface area contributed by atoms with Crippen molar-refractivity contribution in [3.05, 3.63) is 108 Å². The van der Waals surface area contributed by atoms with Gasteiger partial charge in [0.05, 0.1) is 24.3 Å². The molecule has 2 heterocycles. The summed E-state index contributed by atoms with van der Waals surface area (Å²) in [6, 6.07) is 19.1. The highest BCUT2D eigenvalue weighted by Crippen LogP contribution is 2.25. The van der Waals surface area contributed by atoms with Crippen LogP contribution in [0.25, 0.3) is 23.0 Å². The van der Waals surface area contributed by atoms with Gasteiger partial charge >= 0.3 is 11.9 Å². The fourth-order valence-electron chi connectivity index (χ4n) is 4.28. The zero-order valence-corrected chi connectivity index (χ0v) is 24.3. The molecule has 2 aromatic carbocycles. The maximum Gasteiger partial charge on any atom is 0.372 e. The maximum atomic E-state index is 13.5. The molecule has 230 valence electrons. The number of esters is 1. The number of carboxylic acids is 1. The molecular weight excluding hydrogens is 580 g/mol. The molecule has 0 aliphatic carbocycles. The van der Waals surface area contributed by atoms with Gasteiger partial charge in [-0.2, -0.15) is 9.67 Å². The quantitative estimate of drug-likeness (QED) is 0.0997. The van der Waals surface area contributed by atoms with Crippen molar-refractivity contribution in [1.82, 2.24) is 20.4 Å². The molecule has 0 saturated heterocycles. The highest BCUT2D eigenvalue weighted by molar-refractivity contribution is 6.06. The van der Waals surface area contributed by atoms with Crippen molar-refractivity contribution in [2.45, 2.75) is 25.9 Å². The van der Waals surface area contributed by atoms with E-state index in [1.807, 2.05) is 30.3 Å². The number of carboxylic acid groups (broad SMARTS) is 1. The van der Waals surface area contributed by atoms with E-state index in [-0.39, 0.29) is 24.4 Å². The lowest BCUT2D eigenvalue weighted by Crippen LogP contribution is -2.46. The Morgan fingerprint density at radius 3 is 2.36 bits per heavy atom. The molecule has 1 atom stereocenters. The van der Waals surface area contributed by atoms with E-state index in [0.717, 1.165) is 0 Å². The summed E-state index contributed by atoms with van der Waals surface area (Å²) in [6.07, 6.45) is 5.69. The highest BCUT2D eigenvalue weighted by atomic mass is 16.5. The zero-order valence-electron chi connectivity index (χ0n) is 24.3. The number of ether oxygens (including phenoxy) is 1. The van der Waals surface area contributed by atoms with Crippen LogP contribution in [0, 0.1) is 0 Å². The van der Waals surface area contributed by atoms with Crippen LogP contribution in [0.1, 0.15) is 29.3 Å². The standard InChI is InChI=1S/C32H30N6O7/c1-2-45-28(40)20-37-15-9-12-22(18-37)29-23(19-38(36-29)24-13-7-4-8-14-24)16-25(34-30(41)21-10-5-3-6-11-21)31(42)35-26(32(43)44)17-27(33)39/h3-16,18-19,26H,2,17,20H2,1H3,(H4-,33,34,35,39,41,42,43,44)/p+1/b25-16-. The number of nitrogens with two attached hydrogens (primary N) is 1. The topological polar surface area (TPSA) is 187 Å². The Labute approximate surface area is 257 Å². The number of nitrogens with one attached hydrogen (secondary N) is 2. The third-order valence-corrected chi connectivity index (χ3v) is 6.35. The molecule has 0 saturated carbocycles. The lowest BCUT2D eigenvalue weighted by atomic mass is 10.1. The van der Waals surface area contributed by atoms with Crippen molar-refractivity contribution in [2.24, 2.45) is 5.73 Å². The minimum atomic E-state index is -1.64. The third kappa shape index (κ3) is 8.70. The number of primary amides is 1. The average molecular weight is 612 g/mol. The highest BCUT2D eigenvalue weighted by Gasteiger charge is 2.26. The molecule has 13 heteroatoms. The first-order valence-corrected chi connectivity index (χ1v) is 13.8. The largest absolute Gasteiger partial charge is 0.480 e. The van der Waals surface area contributed by atoms with E-state index in [0.29, 0.717) is 22.5 Å². The normalized spacial score (nSPS) is 11.7. The molecule has 0 fully saturated rings. The van der Waals surface area contributed by atoms with Gasteiger partial charge in [0.2, 0.25) is 12.5 Å². The zero-order chi connectivity index (χ0) is 32.3. The first-order chi connectivity index (χ1) is 21.6. The van der Waals surface area contributed by atoms with E-state index >= 15 is 0 Å². The number of rotatable bonds is 13. The second-order valence-electron chi connectivity index (χ2n) is 9.70. The molecule has 0 bridgehead atoms. The monoisotopic (exact) mass is 611 g/mol. The fourth-order valence-corrected chi connectivity index (χ4v) is 4.28. The molecule has 4 aromatic rings. The van der Waals surface area contributed by atoms with E-state index in [1.54, 1.807) is 77.2 Å². The second kappa shape index (κ2) is 14.9. The number of pyridine rings is 1. The van der Waals surface area contributed by atoms with Crippen molar-refractivity contribution >= 4 is 35.7 Å². The van der Waals surface area contributed by atoms with Crippen molar-refractivity contribution in [3.8, 4) is 16.9 Å². The third-order valence-electron chi connectivity index (χ3n) is 6.35. The van der Waals surface area contributed by atoms with Crippen molar-refractivity contribution in [2.75, 3.05) is 6.61 Å². The number of hydrogen-bond donors (Lipinski definition) is 4. The van der Waals surface area contributed by atoms with Crippen LogP contribution in [0.15, 0.2) is 97.1 Å². The number of benzene rings is 2. The number of hydrogen-bond acceptors (Lipinski definition) is 7. The molecule has 0 aliphatic rings. The van der Waals surface area contributed by atoms with Gasteiger partial charge in [0.15, 0.2) is 12.4 Å². The molecular formula is C32H31N6O7+. The molecule has 0 radical (unpaired) electrons. The van der Waals surface area contributed by atoms with Crippen LogP contribution < -0.4 is 20.9 Å². The van der Waals surface area contributed by atoms with Crippen molar-refractivity contribution < 1.29 is 38.4 Å². The van der Waals surface area contributed by atoms with Gasteiger partial charge in [-0.25, -0.2) is 14.3 Å². The Bertz CT molecular complexity index is 1740. The predicted molar refractivity (Wildman–Crippen MR) is 161 cm³/mol. The first-order valence-electron chi connectivity index (χ1n) is 13.8. The van der Waals surface area contributed by atoms with E-state index in [4.69, 9.17) is 15.6 Å². The summed E-state index contributed by atoms with van der Waals surface area (Å²) in [5.41, 5.74) is 7.12. The number of carbonyl (C=O) groups is 5. The van der Waals surface area contributed by atoms with Crippen LogP contribution in [0.2, 0.25) is 0 Å². The summed E-state index contributed by atoms with van der Waals surface area (Å²) in [5.74, 6) is -4.46. The van der Waals surface area contributed by atoms with Crippen LogP contribution in [0.5, 0.6) is 0 Å². The number of para-hydroxylation sites is 1. The summed E-state index contributed by atoms with van der Waals surface area (Å²) in [5, 5.41) is 19.1. The molecule has 0 spiro atoms. The van der Waals surface area contributed by atoms with E-state index in [9.17, 15) is 29.1 Å². The van der Waals surface area contributed by atoms with E-state index in [1.165, 1.54) is 6.08 Å². The molecule has 4 rings (SSSR count). The maximum absolute atomic E-state index is 13.5. The molecule has 2 aromatic heterocycles. The van der Waals surface area contributed by atoms with Crippen LogP contribution >= 0.6 is 0 Å². The van der Waals surface area contributed by atoms with Gasteiger partial charge in [0, 0.05) is 23.4 Å². The molecule has 13 nitrogen and oxygen atoms in total. The smallest absolute Gasteiger partial charge is 0.372 e. The molecule has 3 amide bonds. The van der Waals surface area contributed by atoms with Gasteiger partial charge in [0.25, 0.3) is 11.8 Å². The Morgan fingerprint density at radius 1 is 1.02 bits per heavy atom. The van der Waals surface area contributed by atoms with Gasteiger partial charge in [-0.3, -0.25) is 14.4 Å². The van der Waals surface area contributed by atoms with E-state index < -0.39 is 42.1 Å². The predicted octanol–water partition coefficient (Wildman–Crippen LogP) is 1.61. The summed E-state index contributed by atoms with van der Waals surface area (Å²) in [6.45, 7) is 1.89. The van der Waals surface area contributed by atoms with Gasteiger partial charge < -0.3 is 26.2 Å². The lowest BCUT2D eigenvalue weighted by molar-refractivity contribution is -0.685. The van der Waals surface area contributed by atoms with Crippen LogP contribution in [0.4, 0.5) is 0 Å². The first kappa shape index (κ1) is 31.8. The number of aromatic nitrogens is 3. The van der Waals surface area contributed by atoms with Gasteiger partial charge in [0.1, 0.15) is 17.4 Å². The molecule has 0 aliphatic heterocycles. The number of nitrogens with zero attached hydrogens (tertiary/aromatic N) is 3. The van der Waals surface area contributed by atoms with Gasteiger partial charge in [-0.1, -0.05) is 36.4 Å². The van der Waals surface area contributed by atoms with Gasteiger partial charge in [-0.05, 0) is 43.3 Å². The minimum Gasteiger partial charge on any atom is -0.480 e. The van der Waals surface area contributed by atoms with E-state index in [2.05, 4.69) is 10.6 Å². The molecule has 5 N–H and O–H groups in total. The van der Waals surface area contributed by atoms with Crippen molar-refractivity contribution in [3.63, 3.8) is 0 Å². The minimum absolute atomic E-state index is 0.0521. The number of amides is 3. The summed E-state index contributed by atoms with van der Waals surface area (Å²) < 4.78 is 8.25. The summed E-state index contributed by atoms with van der Waals surface area (Å²) >= 11 is 0. The van der Waals surface area contributed by atoms with Crippen LogP contribution in [-0.4, -0.2) is 57.2 Å². The fraction of sp³-hybridized carbons (Fsp3) is 0.156. The molecule has 45 heavy (non-hydrogen) atoms. The van der Waals surface area contributed by atoms with Gasteiger partial charge in [-0.15, -0.1) is 0 Å². The second-order valence-corrected chi connectivity index (χ2v) is 9.70. The Kier molecular flexibility index (Phi) is 10.5. The van der Waals surface area contributed by atoms with Crippen LogP contribution in [0.3, 0.4) is 0 Å². The Balaban J connectivity index is 1.82. The molecule has 1 unspecified atom stereocenters. The van der Waals surface area contributed by atoms with Crippen molar-refractivity contribution in [1.29, 1.82) is 0 Å². The Morgan fingerprint density at radius 2 is 1.71 bits per heavy atom. The van der Waals surface area contributed by atoms with Crippen LogP contribution in [-0.2, 0) is 30.5 Å². The summed E-state index contributed by atoms with van der Waals surface area (Å²) in [7, 11) is 0. The lowest BCUT2D eigenvalue weighted by Gasteiger charge is -2.15. The summed E-state index contributed by atoms with van der Waals surface area (Å²) in [4.78, 5) is 62.0. The number of aliphatic carboxylic acids is 1.